The van der Waals surface area contributed by atoms with Gasteiger partial charge in [0.1, 0.15) is 24.1 Å². The first-order valence-corrected chi connectivity index (χ1v) is 9.64. The van der Waals surface area contributed by atoms with Crippen molar-refractivity contribution in [2.75, 3.05) is 12.3 Å². The van der Waals surface area contributed by atoms with Gasteiger partial charge in [-0.1, -0.05) is 20.8 Å². The largest absolute Gasteiger partial charge is 0.394 e. The van der Waals surface area contributed by atoms with E-state index in [9.17, 15) is 20.1 Å². The molecular formula is C19H29N3O5. The van der Waals surface area contributed by atoms with Crippen LogP contribution in [0.1, 0.15) is 40.0 Å². The first-order chi connectivity index (χ1) is 12.6. The highest BCUT2D eigenvalue weighted by atomic mass is 16.6. The van der Waals surface area contributed by atoms with Crippen LogP contribution in [0.3, 0.4) is 0 Å². The number of nitrogens with zero attached hydrogens (tertiary/aromatic N) is 2. The summed E-state index contributed by atoms with van der Waals surface area (Å²) in [6, 6.07) is 1.49. The Morgan fingerprint density at radius 3 is 2.59 bits per heavy atom. The Morgan fingerprint density at radius 2 is 2.07 bits per heavy atom. The number of fused-ring (bicyclic) bond motifs is 2. The van der Waals surface area contributed by atoms with Crippen LogP contribution >= 0.6 is 0 Å². The highest BCUT2D eigenvalue weighted by molar-refractivity contribution is 5.27. The maximum atomic E-state index is 12.8. The summed E-state index contributed by atoms with van der Waals surface area (Å²) in [7, 11) is 0. The quantitative estimate of drug-likeness (QED) is 0.584. The first-order valence-electron chi connectivity index (χ1n) is 9.64. The van der Waals surface area contributed by atoms with Crippen LogP contribution in [0.4, 0.5) is 5.82 Å². The molecule has 5 rings (SSSR count). The Labute approximate surface area is 158 Å². The number of aliphatic hydroxyl groups is 3. The number of rotatable bonds is 3. The zero-order chi connectivity index (χ0) is 19.8. The number of aliphatic hydroxyl groups excluding tert-OH is 3. The summed E-state index contributed by atoms with van der Waals surface area (Å²) in [6.07, 6.45) is 0.630. The molecular weight excluding hydrogens is 350 g/mol. The molecule has 4 fully saturated rings. The average molecular weight is 379 g/mol. The molecule has 2 bridgehead atoms. The maximum absolute atomic E-state index is 12.8. The molecule has 0 spiro atoms. The Bertz CT molecular complexity index is 811. The van der Waals surface area contributed by atoms with Crippen LogP contribution in [0.15, 0.2) is 17.1 Å². The summed E-state index contributed by atoms with van der Waals surface area (Å²) in [6.45, 7) is 5.95. The minimum absolute atomic E-state index is 0.0816. The lowest BCUT2D eigenvalue weighted by Crippen LogP contribution is -2.75. The van der Waals surface area contributed by atoms with Crippen LogP contribution in [-0.2, 0) is 10.5 Å². The number of hydrogen-bond acceptors (Lipinski definition) is 7. The van der Waals surface area contributed by atoms with Gasteiger partial charge in [-0.05, 0) is 42.6 Å². The number of aromatic nitrogens is 2. The van der Waals surface area contributed by atoms with Crippen molar-refractivity contribution >= 4 is 5.82 Å². The predicted octanol–water partition coefficient (Wildman–Crippen LogP) is 0.0536. The lowest BCUT2D eigenvalue weighted by atomic mass is 9.33. The van der Waals surface area contributed by atoms with Crippen molar-refractivity contribution in [3.8, 4) is 0 Å². The molecule has 5 N–H and O–H groups in total. The van der Waals surface area contributed by atoms with Crippen molar-refractivity contribution in [2.45, 2.75) is 64.1 Å². The van der Waals surface area contributed by atoms with Crippen LogP contribution in [0.2, 0.25) is 0 Å². The Kier molecular flexibility index (Phi) is 4.03. The molecule has 7 atom stereocenters. The van der Waals surface area contributed by atoms with Gasteiger partial charge in [-0.15, -0.1) is 0 Å². The van der Waals surface area contributed by atoms with Crippen molar-refractivity contribution in [1.82, 2.24) is 9.55 Å². The molecule has 2 heterocycles. The van der Waals surface area contributed by atoms with E-state index in [2.05, 4.69) is 25.8 Å². The van der Waals surface area contributed by atoms with Crippen LogP contribution in [0, 0.1) is 22.7 Å². The van der Waals surface area contributed by atoms with E-state index in [0.717, 1.165) is 19.3 Å². The molecule has 1 saturated heterocycles. The van der Waals surface area contributed by atoms with E-state index in [4.69, 9.17) is 10.5 Å². The Morgan fingerprint density at radius 1 is 1.37 bits per heavy atom. The van der Waals surface area contributed by atoms with E-state index in [1.165, 1.54) is 16.8 Å². The van der Waals surface area contributed by atoms with E-state index < -0.39 is 41.7 Å². The lowest BCUT2D eigenvalue weighted by molar-refractivity contribution is -0.350. The molecule has 4 aliphatic rings. The average Bonchev–Trinajstić information content (AvgIpc) is 2.87. The summed E-state index contributed by atoms with van der Waals surface area (Å²) >= 11 is 0. The van der Waals surface area contributed by atoms with E-state index in [0.29, 0.717) is 5.92 Å². The van der Waals surface area contributed by atoms with Gasteiger partial charge in [0.25, 0.3) is 0 Å². The predicted molar refractivity (Wildman–Crippen MR) is 97.6 cm³/mol. The third-order valence-corrected chi connectivity index (χ3v) is 7.97. The molecule has 27 heavy (non-hydrogen) atoms. The summed E-state index contributed by atoms with van der Waals surface area (Å²) in [4.78, 5) is 16.7. The first kappa shape index (κ1) is 18.9. The highest BCUT2D eigenvalue weighted by Crippen LogP contribution is 2.76. The molecule has 1 aromatic rings. The molecule has 150 valence electrons. The van der Waals surface area contributed by atoms with Crippen molar-refractivity contribution < 1.29 is 20.1 Å². The maximum Gasteiger partial charge on any atom is 0.351 e. The van der Waals surface area contributed by atoms with Gasteiger partial charge < -0.3 is 25.8 Å². The zero-order valence-corrected chi connectivity index (χ0v) is 16.0. The van der Waals surface area contributed by atoms with Crippen LogP contribution in [0.5, 0.6) is 0 Å². The monoisotopic (exact) mass is 379 g/mol. The second-order valence-electron chi connectivity index (χ2n) is 9.05. The topological polar surface area (TPSA) is 131 Å². The standard InChI is InChI=1S/C19H29N3O5/c1-10-4-5-11-8-18(10,17(11,2)3)19(15(25)14(24)12(9-23)27-19)22-7-6-13(20)21-16(22)26/h6-7,10-12,14-15,23-25H,4-5,8-9H2,1-3H3,(H2,20,21,26)/t10?,11?,12-,14-,15-,18?,19+/m1/s1. The molecule has 0 aromatic carbocycles. The van der Waals surface area contributed by atoms with Gasteiger partial charge in [-0.2, -0.15) is 4.98 Å². The van der Waals surface area contributed by atoms with Gasteiger partial charge in [-0.25, -0.2) is 4.79 Å². The van der Waals surface area contributed by atoms with Gasteiger partial charge in [0.2, 0.25) is 0 Å². The van der Waals surface area contributed by atoms with Crippen molar-refractivity contribution in [3.63, 3.8) is 0 Å². The summed E-state index contributed by atoms with van der Waals surface area (Å²) in [5, 5.41) is 31.6. The van der Waals surface area contributed by atoms with Crippen molar-refractivity contribution in [1.29, 1.82) is 0 Å². The van der Waals surface area contributed by atoms with Crippen LogP contribution < -0.4 is 11.4 Å². The van der Waals surface area contributed by atoms with Gasteiger partial charge in [-0.3, -0.25) is 4.57 Å². The number of ether oxygens (including phenoxy) is 1. The molecule has 0 radical (unpaired) electrons. The van der Waals surface area contributed by atoms with Crippen LogP contribution in [-0.4, -0.2) is 49.8 Å². The molecule has 3 unspecified atom stereocenters. The SMILES string of the molecule is CC1CCC2CC1([C@@]1(n3ccc(N)nc3=O)O[C@H](CO)[C@@H](O)[C@H]1O)C2(C)C. The van der Waals surface area contributed by atoms with E-state index >= 15 is 0 Å². The number of nitrogen functional groups attached to an aromatic ring is 1. The van der Waals surface area contributed by atoms with Gasteiger partial charge in [0, 0.05) is 11.6 Å². The zero-order valence-electron chi connectivity index (χ0n) is 16.0. The molecule has 1 aliphatic heterocycles. The second-order valence-corrected chi connectivity index (χ2v) is 9.05. The Hall–Kier alpha value is -1.48. The number of nitrogens with two attached hydrogens (primary N) is 1. The minimum atomic E-state index is -1.52. The smallest absolute Gasteiger partial charge is 0.351 e. The normalized spacial score (nSPS) is 45.5. The number of anilines is 1. The fraction of sp³-hybridized carbons (Fsp3) is 0.789. The fourth-order valence-corrected chi connectivity index (χ4v) is 6.50. The van der Waals surface area contributed by atoms with Crippen molar-refractivity contribution in [3.05, 3.63) is 22.7 Å². The van der Waals surface area contributed by atoms with E-state index in [-0.39, 0.29) is 17.2 Å². The van der Waals surface area contributed by atoms with Gasteiger partial charge >= 0.3 is 5.69 Å². The van der Waals surface area contributed by atoms with Crippen LogP contribution in [0.25, 0.3) is 0 Å². The van der Waals surface area contributed by atoms with E-state index in [1.807, 2.05) is 0 Å². The summed E-state index contributed by atoms with van der Waals surface area (Å²) < 4.78 is 7.55. The van der Waals surface area contributed by atoms with Crippen molar-refractivity contribution in [2.24, 2.45) is 22.7 Å². The van der Waals surface area contributed by atoms with E-state index in [1.54, 1.807) is 0 Å². The molecule has 8 heteroatoms. The summed E-state index contributed by atoms with van der Waals surface area (Å²) in [5.41, 5.74) is 2.71. The third kappa shape index (κ3) is 2.02. The fourth-order valence-electron chi connectivity index (χ4n) is 6.50. The molecule has 1 aromatic heterocycles. The summed E-state index contributed by atoms with van der Waals surface area (Å²) in [5.74, 6) is 0.670. The highest BCUT2D eigenvalue weighted by Gasteiger charge is 2.79. The van der Waals surface area contributed by atoms with Gasteiger partial charge in [0.05, 0.1) is 6.61 Å². The molecule has 0 amide bonds. The second kappa shape index (κ2) is 5.76. The molecule has 8 nitrogen and oxygen atoms in total. The lowest BCUT2D eigenvalue weighted by Gasteiger charge is -2.73. The third-order valence-electron chi connectivity index (χ3n) is 7.97. The van der Waals surface area contributed by atoms with Gasteiger partial charge in [0.15, 0.2) is 5.72 Å². The molecule has 3 saturated carbocycles. The number of hydrogen-bond donors (Lipinski definition) is 4. The molecule has 3 aliphatic carbocycles. The minimum Gasteiger partial charge on any atom is -0.394 e. The Balaban J connectivity index is 2.00.